The van der Waals surface area contributed by atoms with E-state index < -0.39 is 0 Å². The molecule has 2 rings (SSSR count). The monoisotopic (exact) mass is 263 g/mol. The Kier molecular flexibility index (Phi) is 4.63. The zero-order valence-electron chi connectivity index (χ0n) is 11.3. The zero-order valence-corrected chi connectivity index (χ0v) is 11.3. The van der Waals surface area contributed by atoms with Crippen LogP contribution in [0.2, 0.25) is 0 Å². The lowest BCUT2D eigenvalue weighted by Crippen LogP contribution is -2.45. The number of carbonyl (C=O) groups excluding carboxylic acids is 1. The van der Waals surface area contributed by atoms with Crippen molar-refractivity contribution in [3.05, 3.63) is 24.3 Å². The molecule has 2 N–H and O–H groups in total. The van der Waals surface area contributed by atoms with Gasteiger partial charge in [0.2, 0.25) is 5.91 Å². The van der Waals surface area contributed by atoms with E-state index in [-0.39, 0.29) is 5.91 Å². The third kappa shape index (κ3) is 3.61. The van der Waals surface area contributed by atoms with Crippen LogP contribution in [0.4, 0.5) is 11.4 Å². The van der Waals surface area contributed by atoms with Gasteiger partial charge in [0.15, 0.2) is 0 Å². The first kappa shape index (κ1) is 13.7. The number of rotatable bonds is 4. The molecule has 1 fully saturated rings. The first-order valence-corrected chi connectivity index (χ1v) is 6.66. The van der Waals surface area contributed by atoms with Crippen LogP contribution >= 0.6 is 0 Å². The highest BCUT2D eigenvalue weighted by molar-refractivity contribution is 5.81. The van der Waals surface area contributed by atoms with Crippen LogP contribution in [-0.2, 0) is 9.53 Å². The van der Waals surface area contributed by atoms with Crippen LogP contribution in [0.1, 0.15) is 6.92 Å². The van der Waals surface area contributed by atoms with E-state index >= 15 is 0 Å². The summed E-state index contributed by atoms with van der Waals surface area (Å²) in [6.45, 7) is 5.85. The van der Waals surface area contributed by atoms with Crippen molar-refractivity contribution in [3.8, 4) is 0 Å². The number of amides is 1. The van der Waals surface area contributed by atoms with E-state index in [4.69, 9.17) is 10.5 Å². The molecule has 1 amide bonds. The third-order valence-corrected chi connectivity index (χ3v) is 3.31. The highest BCUT2D eigenvalue weighted by Crippen LogP contribution is 2.17. The average molecular weight is 263 g/mol. The first-order chi connectivity index (χ1) is 9.20. The van der Waals surface area contributed by atoms with E-state index in [1.165, 1.54) is 0 Å². The molecule has 1 aliphatic rings. The second-order valence-corrected chi connectivity index (χ2v) is 4.60. The van der Waals surface area contributed by atoms with Gasteiger partial charge in [-0.2, -0.15) is 0 Å². The largest absolute Gasteiger partial charge is 0.399 e. The molecule has 0 saturated carbocycles. The molecule has 0 aliphatic carbocycles. The molecule has 1 aromatic carbocycles. The summed E-state index contributed by atoms with van der Waals surface area (Å²) in [5.74, 6) is 0.146. The van der Waals surface area contributed by atoms with Gasteiger partial charge in [-0.1, -0.05) is 6.07 Å². The Morgan fingerprint density at radius 2 is 2.16 bits per heavy atom. The molecule has 19 heavy (non-hydrogen) atoms. The molecule has 0 unspecified atom stereocenters. The Morgan fingerprint density at radius 1 is 1.42 bits per heavy atom. The van der Waals surface area contributed by atoms with Gasteiger partial charge in [0.1, 0.15) is 0 Å². The number of hydrogen-bond donors (Lipinski definition) is 1. The normalized spacial score (nSPS) is 15.3. The zero-order chi connectivity index (χ0) is 13.7. The van der Waals surface area contributed by atoms with Crippen LogP contribution in [0.5, 0.6) is 0 Å². The van der Waals surface area contributed by atoms with Gasteiger partial charge in [-0.15, -0.1) is 0 Å². The van der Waals surface area contributed by atoms with Crippen molar-refractivity contribution < 1.29 is 9.53 Å². The topological polar surface area (TPSA) is 58.8 Å². The number of ether oxygens (including phenoxy) is 1. The maximum Gasteiger partial charge on any atom is 0.242 e. The summed E-state index contributed by atoms with van der Waals surface area (Å²) >= 11 is 0. The molecular formula is C14H21N3O2. The quantitative estimate of drug-likeness (QED) is 0.822. The predicted octanol–water partition coefficient (Wildman–Crippen LogP) is 0.954. The van der Waals surface area contributed by atoms with Crippen molar-refractivity contribution in [2.45, 2.75) is 6.92 Å². The minimum atomic E-state index is 0.146. The van der Waals surface area contributed by atoms with E-state index in [2.05, 4.69) is 0 Å². The second-order valence-electron chi connectivity index (χ2n) is 4.60. The molecule has 104 valence electrons. The fraction of sp³-hybridized carbons (Fsp3) is 0.500. The fourth-order valence-corrected chi connectivity index (χ4v) is 2.18. The molecular weight excluding hydrogens is 242 g/mol. The van der Waals surface area contributed by atoms with E-state index in [1.54, 1.807) is 0 Å². The number of carbonyl (C=O) groups is 1. The number of nitrogens with zero attached hydrogens (tertiary/aromatic N) is 2. The average Bonchev–Trinajstić information content (AvgIpc) is 2.45. The van der Waals surface area contributed by atoms with Crippen LogP contribution in [0, 0.1) is 0 Å². The van der Waals surface area contributed by atoms with Gasteiger partial charge in [-0.3, -0.25) is 4.79 Å². The molecule has 1 aliphatic heterocycles. The smallest absolute Gasteiger partial charge is 0.242 e. The summed E-state index contributed by atoms with van der Waals surface area (Å²) < 4.78 is 5.26. The lowest BCUT2D eigenvalue weighted by molar-refractivity contribution is -0.133. The van der Waals surface area contributed by atoms with Gasteiger partial charge in [-0.05, 0) is 25.1 Å². The van der Waals surface area contributed by atoms with Crippen LogP contribution in [-0.4, -0.2) is 50.2 Å². The lowest BCUT2D eigenvalue weighted by Gasteiger charge is -2.30. The maximum absolute atomic E-state index is 12.2. The standard InChI is InChI=1S/C14H21N3O2/c1-2-16(13-5-3-4-12(15)10-13)11-14(18)17-6-8-19-9-7-17/h3-5,10H,2,6-9,11,15H2,1H3. The highest BCUT2D eigenvalue weighted by atomic mass is 16.5. The SMILES string of the molecule is CCN(CC(=O)N1CCOCC1)c1cccc(N)c1. The van der Waals surface area contributed by atoms with Crippen molar-refractivity contribution in [1.29, 1.82) is 0 Å². The molecule has 1 aromatic rings. The molecule has 5 nitrogen and oxygen atoms in total. The number of anilines is 2. The van der Waals surface area contributed by atoms with E-state index in [1.807, 2.05) is 41.0 Å². The summed E-state index contributed by atoms with van der Waals surface area (Å²) in [6, 6.07) is 7.64. The van der Waals surface area contributed by atoms with Gasteiger partial charge >= 0.3 is 0 Å². The third-order valence-electron chi connectivity index (χ3n) is 3.31. The van der Waals surface area contributed by atoms with Gasteiger partial charge in [0.05, 0.1) is 19.8 Å². The summed E-state index contributed by atoms with van der Waals surface area (Å²) in [5, 5.41) is 0. The van der Waals surface area contributed by atoms with E-state index in [0.29, 0.717) is 32.8 Å². The Morgan fingerprint density at radius 3 is 2.79 bits per heavy atom. The molecule has 5 heteroatoms. The fourth-order valence-electron chi connectivity index (χ4n) is 2.18. The Labute approximate surface area is 113 Å². The van der Waals surface area contributed by atoms with Crippen molar-refractivity contribution >= 4 is 17.3 Å². The Bertz CT molecular complexity index is 430. The van der Waals surface area contributed by atoms with Crippen molar-refractivity contribution in [1.82, 2.24) is 4.90 Å². The van der Waals surface area contributed by atoms with E-state index in [9.17, 15) is 4.79 Å². The highest BCUT2D eigenvalue weighted by Gasteiger charge is 2.19. The summed E-state index contributed by atoms with van der Waals surface area (Å²) in [4.78, 5) is 16.1. The minimum absolute atomic E-state index is 0.146. The van der Waals surface area contributed by atoms with E-state index in [0.717, 1.165) is 17.9 Å². The molecule has 0 spiro atoms. The first-order valence-electron chi connectivity index (χ1n) is 6.66. The van der Waals surface area contributed by atoms with Gasteiger partial charge in [0, 0.05) is 31.0 Å². The molecule has 0 atom stereocenters. The summed E-state index contributed by atoms with van der Waals surface area (Å²) in [6.07, 6.45) is 0. The van der Waals surface area contributed by atoms with Crippen LogP contribution in [0.15, 0.2) is 24.3 Å². The number of morpholine rings is 1. The number of hydrogen-bond acceptors (Lipinski definition) is 4. The Balaban J connectivity index is 2.00. The Hall–Kier alpha value is -1.75. The second kappa shape index (κ2) is 6.43. The minimum Gasteiger partial charge on any atom is -0.399 e. The van der Waals surface area contributed by atoms with Crippen LogP contribution < -0.4 is 10.6 Å². The molecule has 1 heterocycles. The van der Waals surface area contributed by atoms with Crippen molar-refractivity contribution in [2.24, 2.45) is 0 Å². The van der Waals surface area contributed by atoms with Gasteiger partial charge in [0.25, 0.3) is 0 Å². The van der Waals surface area contributed by atoms with Gasteiger partial charge < -0.3 is 20.3 Å². The number of likely N-dealkylation sites (N-methyl/N-ethyl adjacent to an activating group) is 1. The number of nitrogen functional groups attached to an aromatic ring is 1. The summed E-state index contributed by atoms with van der Waals surface area (Å²) in [7, 11) is 0. The van der Waals surface area contributed by atoms with Crippen LogP contribution in [0.25, 0.3) is 0 Å². The molecule has 1 saturated heterocycles. The molecule has 0 bridgehead atoms. The number of benzene rings is 1. The predicted molar refractivity (Wildman–Crippen MR) is 76.1 cm³/mol. The van der Waals surface area contributed by atoms with Crippen molar-refractivity contribution in [3.63, 3.8) is 0 Å². The maximum atomic E-state index is 12.2. The molecule has 0 aromatic heterocycles. The number of nitrogens with two attached hydrogens (primary N) is 1. The van der Waals surface area contributed by atoms with Crippen molar-refractivity contribution in [2.75, 3.05) is 50.0 Å². The van der Waals surface area contributed by atoms with Crippen LogP contribution in [0.3, 0.4) is 0 Å². The van der Waals surface area contributed by atoms with Gasteiger partial charge in [-0.25, -0.2) is 0 Å². The lowest BCUT2D eigenvalue weighted by atomic mass is 10.2. The molecule has 0 radical (unpaired) electrons. The summed E-state index contributed by atoms with van der Waals surface area (Å²) in [5.41, 5.74) is 7.49.